The Labute approximate surface area is 327 Å². The molecule has 2 unspecified atom stereocenters. The molecule has 312 valence electrons. The Bertz CT molecular complexity index is 1390. The van der Waals surface area contributed by atoms with E-state index in [0.717, 1.165) is 30.4 Å². The number of alkyl carbamates (subject to hydrolysis) is 2. The molecule has 0 saturated heterocycles. The largest absolute Gasteiger partial charge is 0.462 e. The summed E-state index contributed by atoms with van der Waals surface area (Å²) in [6, 6.07) is -0.476. The van der Waals surface area contributed by atoms with Gasteiger partial charge in [-0.15, -0.1) is 0 Å². The summed E-state index contributed by atoms with van der Waals surface area (Å²) < 4.78 is 43.3. The van der Waals surface area contributed by atoms with Crippen LogP contribution in [-0.4, -0.2) is 113 Å². The van der Waals surface area contributed by atoms with E-state index < -0.39 is 111 Å². The quantitative estimate of drug-likeness (QED) is 0.0807. The van der Waals surface area contributed by atoms with Crippen molar-refractivity contribution < 1.29 is 71.5 Å². The van der Waals surface area contributed by atoms with E-state index >= 15 is 0 Å². The zero-order chi connectivity index (χ0) is 42.6. The molecule has 0 aromatic carbocycles. The van der Waals surface area contributed by atoms with E-state index in [0.29, 0.717) is 19.3 Å². The number of esters is 5. The molecule has 56 heavy (non-hydrogen) atoms. The van der Waals surface area contributed by atoms with Gasteiger partial charge < -0.3 is 48.5 Å². The second kappa shape index (κ2) is 22.8. The topological polar surface area (TPSA) is 217 Å². The van der Waals surface area contributed by atoms with Gasteiger partial charge in [-0.3, -0.25) is 0 Å². The molecular weight excluding hydrogens is 736 g/mol. The summed E-state index contributed by atoms with van der Waals surface area (Å²) in [5.41, 5.74) is -4.41. The molecule has 1 aliphatic carbocycles. The summed E-state index contributed by atoms with van der Waals surface area (Å²) in [5.74, 6) is -4.43. The Balaban J connectivity index is 3.51. The Hall–Kier alpha value is -5.45. The van der Waals surface area contributed by atoms with Gasteiger partial charge in [-0.05, 0) is 43.9 Å². The standard InChI is InChI=1S/C39H56N2O15/c1-11-29(42)50-21-38(22-51-30(43)12-2,23-52-31(44)13-3)20-49-24-39(25-53-32(45)14-4,26-54-33(46)15-5)56-35(48)41-28-16-36(8,9)18-37(10,17-28)19-40-34(47)55-27(6)7/h11-15,27-28H,1-5,16-26H2,6-10H3,(H,40,47)(H,41,48). The minimum atomic E-state index is -2.05. The van der Waals surface area contributed by atoms with Crippen LogP contribution in [0.4, 0.5) is 9.59 Å². The van der Waals surface area contributed by atoms with Gasteiger partial charge in [-0.2, -0.15) is 0 Å². The predicted molar refractivity (Wildman–Crippen MR) is 201 cm³/mol. The number of carbonyl (C=O) groups is 7. The first kappa shape index (κ1) is 48.6. The molecule has 0 aromatic heterocycles. The van der Waals surface area contributed by atoms with Crippen molar-refractivity contribution in [2.24, 2.45) is 16.2 Å². The van der Waals surface area contributed by atoms with Crippen LogP contribution in [0.1, 0.15) is 53.9 Å². The van der Waals surface area contributed by atoms with Crippen molar-refractivity contribution in [2.75, 3.05) is 52.8 Å². The first-order chi connectivity index (χ1) is 26.2. The first-order valence-corrected chi connectivity index (χ1v) is 17.7. The van der Waals surface area contributed by atoms with Crippen LogP contribution in [-0.2, 0) is 61.9 Å². The molecule has 2 atom stereocenters. The summed E-state index contributed by atoms with van der Waals surface area (Å²) in [4.78, 5) is 86.8. The van der Waals surface area contributed by atoms with Gasteiger partial charge >= 0.3 is 42.0 Å². The first-order valence-electron chi connectivity index (χ1n) is 17.7. The lowest BCUT2D eigenvalue weighted by molar-refractivity contribution is -0.175. The van der Waals surface area contributed by atoms with E-state index in [-0.39, 0.29) is 18.1 Å². The number of amides is 2. The molecule has 2 amide bonds. The van der Waals surface area contributed by atoms with Crippen LogP contribution >= 0.6 is 0 Å². The van der Waals surface area contributed by atoms with Crippen molar-refractivity contribution in [2.45, 2.75) is 71.6 Å². The van der Waals surface area contributed by atoms with Crippen LogP contribution in [0, 0.1) is 16.2 Å². The van der Waals surface area contributed by atoms with Gasteiger partial charge in [0, 0.05) is 43.0 Å². The van der Waals surface area contributed by atoms with Crippen LogP contribution < -0.4 is 10.6 Å². The maximum Gasteiger partial charge on any atom is 0.408 e. The zero-order valence-electron chi connectivity index (χ0n) is 33.0. The van der Waals surface area contributed by atoms with Crippen molar-refractivity contribution >= 4 is 42.0 Å². The summed E-state index contributed by atoms with van der Waals surface area (Å²) >= 11 is 0. The number of carbonyl (C=O) groups excluding carboxylic acids is 7. The Morgan fingerprint density at radius 1 is 0.643 bits per heavy atom. The lowest BCUT2D eigenvalue weighted by Crippen LogP contribution is -2.55. The molecule has 0 heterocycles. The fraction of sp³-hybridized carbons (Fsp3) is 0.564. The third-order valence-corrected chi connectivity index (χ3v) is 8.20. The molecule has 17 nitrogen and oxygen atoms in total. The molecule has 1 aliphatic rings. The highest BCUT2D eigenvalue weighted by atomic mass is 16.6. The fourth-order valence-electron chi connectivity index (χ4n) is 6.09. The summed E-state index contributed by atoms with van der Waals surface area (Å²) in [7, 11) is 0. The Kier molecular flexibility index (Phi) is 19.8. The van der Waals surface area contributed by atoms with E-state index in [4.69, 9.17) is 37.9 Å². The summed E-state index contributed by atoms with van der Waals surface area (Å²) in [5, 5.41) is 5.65. The van der Waals surface area contributed by atoms with Crippen molar-refractivity contribution in [3.05, 3.63) is 63.3 Å². The van der Waals surface area contributed by atoms with Crippen LogP contribution in [0.2, 0.25) is 0 Å². The van der Waals surface area contributed by atoms with Crippen LogP contribution in [0.15, 0.2) is 63.3 Å². The second-order valence-electron chi connectivity index (χ2n) is 14.8. The van der Waals surface area contributed by atoms with E-state index in [1.807, 2.05) is 20.8 Å². The summed E-state index contributed by atoms with van der Waals surface area (Å²) in [6.45, 7) is 22.3. The minimum Gasteiger partial charge on any atom is -0.462 e. The molecule has 17 heteroatoms. The molecule has 1 saturated carbocycles. The van der Waals surface area contributed by atoms with Gasteiger partial charge in [-0.1, -0.05) is 53.7 Å². The highest BCUT2D eigenvalue weighted by Crippen LogP contribution is 2.46. The van der Waals surface area contributed by atoms with Crippen molar-refractivity contribution in [3.63, 3.8) is 0 Å². The number of nitrogens with one attached hydrogen (secondary N) is 2. The van der Waals surface area contributed by atoms with E-state index in [9.17, 15) is 33.6 Å². The molecular formula is C39H56N2O15. The number of hydrogen-bond acceptors (Lipinski definition) is 15. The number of rotatable bonds is 24. The van der Waals surface area contributed by atoms with E-state index in [2.05, 4.69) is 43.5 Å². The van der Waals surface area contributed by atoms with Crippen LogP contribution in [0.25, 0.3) is 0 Å². The Morgan fingerprint density at radius 3 is 1.48 bits per heavy atom. The SMILES string of the molecule is C=CC(=O)OCC(COCC(COC(=O)C=C)(COC(=O)C=C)OC(=O)NC1CC(C)(C)CC(C)(CNC(=O)OC(C)C)C1)(COC(=O)C=C)COC(=O)C=C. The molecule has 1 rings (SSSR count). The lowest BCUT2D eigenvalue weighted by Gasteiger charge is -2.47. The molecule has 0 aromatic rings. The lowest BCUT2D eigenvalue weighted by atomic mass is 9.62. The fourth-order valence-corrected chi connectivity index (χ4v) is 6.09. The van der Waals surface area contributed by atoms with Gasteiger partial charge in [0.15, 0.2) is 0 Å². The van der Waals surface area contributed by atoms with Gasteiger partial charge in [0.05, 0.1) is 24.7 Å². The average Bonchev–Trinajstić information content (AvgIpc) is 3.13. The summed E-state index contributed by atoms with van der Waals surface area (Å²) in [6.07, 6.45) is 4.12. The van der Waals surface area contributed by atoms with Gasteiger partial charge in [0.2, 0.25) is 5.60 Å². The van der Waals surface area contributed by atoms with Gasteiger partial charge in [0.25, 0.3) is 0 Å². The van der Waals surface area contributed by atoms with Gasteiger partial charge in [0.1, 0.15) is 33.0 Å². The van der Waals surface area contributed by atoms with Crippen LogP contribution in [0.3, 0.4) is 0 Å². The van der Waals surface area contributed by atoms with E-state index in [1.54, 1.807) is 13.8 Å². The van der Waals surface area contributed by atoms with Crippen LogP contribution in [0.5, 0.6) is 0 Å². The molecule has 0 aliphatic heterocycles. The minimum absolute atomic E-state index is 0.260. The molecule has 2 N–H and O–H groups in total. The smallest absolute Gasteiger partial charge is 0.408 e. The molecule has 0 radical (unpaired) electrons. The molecule has 0 bridgehead atoms. The monoisotopic (exact) mass is 792 g/mol. The average molecular weight is 793 g/mol. The Morgan fingerprint density at radius 2 is 1.07 bits per heavy atom. The van der Waals surface area contributed by atoms with Crippen molar-refractivity contribution in [3.8, 4) is 0 Å². The third kappa shape index (κ3) is 18.3. The molecule has 1 fully saturated rings. The normalized spacial score (nSPS) is 17.4. The maximum atomic E-state index is 13.8. The van der Waals surface area contributed by atoms with Crippen molar-refractivity contribution in [1.29, 1.82) is 0 Å². The number of ether oxygens (including phenoxy) is 8. The maximum absolute atomic E-state index is 13.8. The zero-order valence-corrected chi connectivity index (χ0v) is 33.0. The third-order valence-electron chi connectivity index (χ3n) is 8.20. The molecule has 0 spiro atoms. The highest BCUT2D eigenvalue weighted by Gasteiger charge is 2.45. The van der Waals surface area contributed by atoms with Gasteiger partial charge in [-0.25, -0.2) is 33.6 Å². The highest BCUT2D eigenvalue weighted by molar-refractivity contribution is 5.83. The van der Waals surface area contributed by atoms with Crippen molar-refractivity contribution in [1.82, 2.24) is 10.6 Å². The van der Waals surface area contributed by atoms with E-state index in [1.165, 1.54) is 0 Å². The predicted octanol–water partition coefficient (Wildman–Crippen LogP) is 3.82. The number of hydrogen-bond donors (Lipinski definition) is 2. The second-order valence-corrected chi connectivity index (χ2v) is 14.8.